The number of hydrogen-bond donors (Lipinski definition) is 1. The number of hydrogen-bond acceptors (Lipinski definition) is 4. The van der Waals surface area contributed by atoms with Crippen LogP contribution in [0.15, 0.2) is 46.9 Å². The van der Waals surface area contributed by atoms with E-state index in [0.717, 1.165) is 10.0 Å². The smallest absolute Gasteiger partial charge is 0.387 e. The van der Waals surface area contributed by atoms with Crippen molar-refractivity contribution in [2.24, 2.45) is 0 Å². The van der Waals surface area contributed by atoms with Crippen molar-refractivity contribution >= 4 is 33.5 Å². The Morgan fingerprint density at radius 3 is 2.44 bits per heavy atom. The molecule has 0 saturated carbocycles. The van der Waals surface area contributed by atoms with Crippen molar-refractivity contribution in [1.29, 1.82) is 0 Å². The number of benzene rings is 2. The second kappa shape index (κ2) is 8.57. The number of carbonyl (C=O) groups is 2. The lowest BCUT2D eigenvalue weighted by atomic mass is 10.2. The third-order valence-corrected chi connectivity index (χ3v) is 3.98. The summed E-state index contributed by atoms with van der Waals surface area (Å²) in [5.74, 6) is -1.31. The van der Waals surface area contributed by atoms with Crippen molar-refractivity contribution in [2.45, 2.75) is 13.5 Å². The van der Waals surface area contributed by atoms with Gasteiger partial charge < -0.3 is 14.8 Å². The van der Waals surface area contributed by atoms with E-state index in [1.807, 2.05) is 6.92 Å². The molecule has 2 rings (SSSR count). The molecular formula is C17H14BrF2NO4. The van der Waals surface area contributed by atoms with Crippen molar-refractivity contribution in [1.82, 2.24) is 0 Å². The van der Waals surface area contributed by atoms with Crippen LogP contribution in [0.1, 0.15) is 15.9 Å². The van der Waals surface area contributed by atoms with E-state index in [2.05, 4.69) is 26.0 Å². The molecule has 2 aromatic rings. The zero-order valence-electron chi connectivity index (χ0n) is 13.1. The van der Waals surface area contributed by atoms with Crippen molar-refractivity contribution in [2.75, 3.05) is 11.9 Å². The molecule has 0 spiro atoms. The van der Waals surface area contributed by atoms with E-state index in [4.69, 9.17) is 4.74 Å². The van der Waals surface area contributed by atoms with Gasteiger partial charge in [-0.2, -0.15) is 8.78 Å². The predicted octanol–water partition coefficient (Wildman–Crippen LogP) is 4.15. The molecule has 8 heteroatoms. The number of anilines is 1. The first-order valence-corrected chi connectivity index (χ1v) is 7.92. The predicted molar refractivity (Wildman–Crippen MR) is 90.9 cm³/mol. The quantitative estimate of drug-likeness (QED) is 0.722. The maximum atomic E-state index is 12.1. The van der Waals surface area contributed by atoms with Crippen LogP contribution in [0.3, 0.4) is 0 Å². The van der Waals surface area contributed by atoms with Gasteiger partial charge in [0.15, 0.2) is 6.61 Å². The van der Waals surface area contributed by atoms with Crippen molar-refractivity contribution in [3.05, 3.63) is 58.1 Å². The summed E-state index contributed by atoms with van der Waals surface area (Å²) in [4.78, 5) is 23.7. The highest BCUT2D eigenvalue weighted by molar-refractivity contribution is 9.10. The summed E-state index contributed by atoms with van der Waals surface area (Å²) in [6.45, 7) is -1.53. The molecule has 0 radical (unpaired) electrons. The number of ether oxygens (including phenoxy) is 2. The van der Waals surface area contributed by atoms with Crippen LogP contribution in [0.4, 0.5) is 14.5 Å². The highest BCUT2D eigenvalue weighted by Crippen LogP contribution is 2.20. The molecule has 0 atom stereocenters. The molecule has 0 saturated heterocycles. The summed E-state index contributed by atoms with van der Waals surface area (Å²) in [5.41, 5.74) is 1.64. The highest BCUT2D eigenvalue weighted by atomic mass is 79.9. The van der Waals surface area contributed by atoms with E-state index >= 15 is 0 Å². The number of aryl methyl sites for hydroxylation is 1. The number of carbonyl (C=O) groups excluding carboxylic acids is 2. The largest absolute Gasteiger partial charge is 0.452 e. The van der Waals surface area contributed by atoms with Gasteiger partial charge in [-0.15, -0.1) is 0 Å². The van der Waals surface area contributed by atoms with Crippen LogP contribution in [-0.2, 0) is 9.53 Å². The van der Waals surface area contributed by atoms with Gasteiger partial charge in [0, 0.05) is 10.2 Å². The lowest BCUT2D eigenvalue weighted by molar-refractivity contribution is -0.119. The van der Waals surface area contributed by atoms with Crippen LogP contribution in [0.25, 0.3) is 0 Å². The van der Waals surface area contributed by atoms with Crippen molar-refractivity contribution < 1.29 is 27.8 Å². The fraction of sp³-hybridized carbons (Fsp3) is 0.176. The van der Waals surface area contributed by atoms with Gasteiger partial charge in [-0.3, -0.25) is 4.79 Å². The number of rotatable bonds is 6. The van der Waals surface area contributed by atoms with Crippen molar-refractivity contribution in [3.63, 3.8) is 0 Å². The van der Waals surface area contributed by atoms with Gasteiger partial charge in [0.2, 0.25) is 0 Å². The van der Waals surface area contributed by atoms with E-state index < -0.39 is 25.1 Å². The van der Waals surface area contributed by atoms with E-state index in [1.54, 1.807) is 18.2 Å². The molecule has 0 heterocycles. The van der Waals surface area contributed by atoms with Gasteiger partial charge in [0.1, 0.15) is 5.75 Å². The fourth-order valence-electron chi connectivity index (χ4n) is 1.91. The SMILES string of the molecule is Cc1cc(NC(=O)COC(=O)c2ccc(OC(F)F)cc2)ccc1Br. The van der Waals surface area contributed by atoms with Crippen LogP contribution in [0, 0.1) is 6.92 Å². The van der Waals surface area contributed by atoms with Gasteiger partial charge in [-0.25, -0.2) is 4.79 Å². The maximum Gasteiger partial charge on any atom is 0.387 e. The van der Waals surface area contributed by atoms with E-state index in [9.17, 15) is 18.4 Å². The van der Waals surface area contributed by atoms with Crippen LogP contribution in [-0.4, -0.2) is 25.1 Å². The molecule has 0 aliphatic heterocycles. The number of halogens is 3. The Balaban J connectivity index is 1.86. The number of esters is 1. The van der Waals surface area contributed by atoms with Crippen LogP contribution in [0.5, 0.6) is 5.75 Å². The monoisotopic (exact) mass is 413 g/mol. The standard InChI is InChI=1S/C17H14BrF2NO4/c1-10-8-12(4-7-14(10)18)21-15(22)9-24-16(23)11-2-5-13(6-3-11)25-17(19)20/h2-8,17H,9H2,1H3,(H,21,22). The molecule has 132 valence electrons. The third-order valence-electron chi connectivity index (χ3n) is 3.09. The third kappa shape index (κ3) is 5.82. The first-order valence-electron chi connectivity index (χ1n) is 7.13. The van der Waals surface area contributed by atoms with Gasteiger partial charge in [-0.05, 0) is 55.0 Å². The van der Waals surface area contributed by atoms with Gasteiger partial charge in [0.25, 0.3) is 5.91 Å². The highest BCUT2D eigenvalue weighted by Gasteiger charge is 2.12. The van der Waals surface area contributed by atoms with E-state index in [0.29, 0.717) is 5.69 Å². The first-order chi connectivity index (χ1) is 11.8. The zero-order valence-corrected chi connectivity index (χ0v) is 14.7. The average Bonchev–Trinajstić information content (AvgIpc) is 2.56. The molecule has 0 aromatic heterocycles. The molecule has 0 unspecified atom stereocenters. The summed E-state index contributed by atoms with van der Waals surface area (Å²) in [5, 5.41) is 2.61. The Labute approximate surface area is 151 Å². The molecule has 0 fully saturated rings. The minimum atomic E-state index is -2.94. The Bertz CT molecular complexity index is 766. The second-order valence-electron chi connectivity index (χ2n) is 4.99. The number of nitrogens with one attached hydrogen (secondary N) is 1. The van der Waals surface area contributed by atoms with E-state index in [-0.39, 0.29) is 11.3 Å². The molecular weight excluding hydrogens is 400 g/mol. The van der Waals surface area contributed by atoms with Crippen LogP contribution >= 0.6 is 15.9 Å². The number of amides is 1. The molecule has 0 aliphatic rings. The second-order valence-corrected chi connectivity index (χ2v) is 5.85. The lowest BCUT2D eigenvalue weighted by Crippen LogP contribution is -2.21. The minimum absolute atomic E-state index is 0.0742. The van der Waals surface area contributed by atoms with Gasteiger partial charge in [-0.1, -0.05) is 15.9 Å². The van der Waals surface area contributed by atoms with Crippen molar-refractivity contribution in [3.8, 4) is 5.75 Å². The Morgan fingerprint density at radius 2 is 1.84 bits per heavy atom. The number of alkyl halides is 2. The summed E-state index contributed by atoms with van der Waals surface area (Å²) < 4.78 is 34.1. The summed E-state index contributed by atoms with van der Waals surface area (Å²) in [6.07, 6.45) is 0. The summed E-state index contributed by atoms with van der Waals surface area (Å²) in [7, 11) is 0. The first kappa shape index (κ1) is 18.9. The molecule has 5 nitrogen and oxygen atoms in total. The Kier molecular flexibility index (Phi) is 6.46. The molecule has 1 amide bonds. The fourth-order valence-corrected chi connectivity index (χ4v) is 2.15. The molecule has 25 heavy (non-hydrogen) atoms. The summed E-state index contributed by atoms with van der Waals surface area (Å²) >= 11 is 3.36. The van der Waals surface area contributed by atoms with Crippen LogP contribution < -0.4 is 10.1 Å². The Hall–Kier alpha value is -2.48. The molecule has 0 bridgehead atoms. The minimum Gasteiger partial charge on any atom is -0.452 e. The Morgan fingerprint density at radius 1 is 1.16 bits per heavy atom. The maximum absolute atomic E-state index is 12.1. The molecule has 0 aliphatic carbocycles. The van der Waals surface area contributed by atoms with Crippen LogP contribution in [0.2, 0.25) is 0 Å². The average molecular weight is 414 g/mol. The topological polar surface area (TPSA) is 64.6 Å². The molecule has 2 aromatic carbocycles. The normalized spacial score (nSPS) is 10.4. The summed E-state index contributed by atoms with van der Waals surface area (Å²) in [6, 6.07) is 10.2. The van der Waals surface area contributed by atoms with Gasteiger partial charge >= 0.3 is 12.6 Å². The van der Waals surface area contributed by atoms with Gasteiger partial charge in [0.05, 0.1) is 5.56 Å². The zero-order chi connectivity index (χ0) is 18.4. The lowest BCUT2D eigenvalue weighted by Gasteiger charge is -2.08. The van der Waals surface area contributed by atoms with E-state index in [1.165, 1.54) is 24.3 Å². The molecule has 1 N–H and O–H groups in total.